The van der Waals surface area contributed by atoms with E-state index in [1.165, 1.54) is 0 Å². The van der Waals surface area contributed by atoms with E-state index in [0.717, 1.165) is 62.0 Å². The number of carboxylic acid groups (broad SMARTS) is 1. The monoisotopic (exact) mass is 914 g/mol. The number of nitrogens with one attached hydrogen (secondary N) is 3. The Bertz CT molecular complexity index is 2340. The minimum Gasteiger partial charge on any atom is -0.478 e. The van der Waals surface area contributed by atoms with Crippen LogP contribution in [0.5, 0.6) is 0 Å². The molecule has 6 aliphatic heterocycles. The van der Waals surface area contributed by atoms with Gasteiger partial charge in [-0.15, -0.1) is 0 Å². The van der Waals surface area contributed by atoms with E-state index in [1.54, 1.807) is 60.4 Å². The van der Waals surface area contributed by atoms with Crippen molar-refractivity contribution in [2.24, 2.45) is 0 Å². The van der Waals surface area contributed by atoms with Crippen molar-refractivity contribution in [3.05, 3.63) is 115 Å². The number of aromatic nitrogens is 4. The van der Waals surface area contributed by atoms with Gasteiger partial charge in [0.2, 0.25) is 0 Å². The zero-order chi connectivity index (χ0) is 42.9. The third-order valence-corrected chi connectivity index (χ3v) is 13.1. The van der Waals surface area contributed by atoms with Gasteiger partial charge in [0.15, 0.2) is 11.6 Å². The summed E-state index contributed by atoms with van der Waals surface area (Å²) >= 11 is 24.4. The summed E-state index contributed by atoms with van der Waals surface area (Å²) in [6.45, 7) is 9.64. The number of allylic oxidation sites excluding steroid dienone is 2. The number of nitrogens with zero attached hydrogens (tertiary/aromatic N) is 5. The minimum atomic E-state index is -1.00. The number of amides is 1. The number of ether oxygens (including phenoxy) is 4. The molecule has 4 saturated heterocycles. The van der Waals surface area contributed by atoms with Crippen LogP contribution >= 0.6 is 46.4 Å². The third-order valence-electron chi connectivity index (χ3n) is 11.6. The summed E-state index contributed by atoms with van der Waals surface area (Å²) in [6, 6.07) is 13.2. The quantitative estimate of drug-likeness (QED) is 0.159. The van der Waals surface area contributed by atoms with Crippen molar-refractivity contribution in [1.29, 1.82) is 0 Å². The van der Waals surface area contributed by atoms with Crippen LogP contribution in [-0.2, 0) is 28.5 Å². The van der Waals surface area contributed by atoms with E-state index < -0.39 is 23.8 Å². The van der Waals surface area contributed by atoms with Crippen LogP contribution in [0.2, 0.25) is 20.1 Å². The van der Waals surface area contributed by atoms with Crippen molar-refractivity contribution in [2.45, 2.75) is 63.2 Å². The highest BCUT2D eigenvalue weighted by Crippen LogP contribution is 2.41. The molecule has 2 aromatic heterocycles. The lowest BCUT2D eigenvalue weighted by Gasteiger charge is -2.39. The van der Waals surface area contributed by atoms with Gasteiger partial charge in [-0.25, -0.2) is 14.2 Å². The number of fused-ring (bicyclic) bond motifs is 2. The van der Waals surface area contributed by atoms with Crippen LogP contribution in [-0.4, -0.2) is 106 Å². The molecule has 0 aliphatic carbocycles. The molecule has 4 aromatic rings. The first kappa shape index (κ1) is 43.5. The molecule has 324 valence electrons. The van der Waals surface area contributed by atoms with E-state index >= 15 is 0 Å². The second-order valence-corrected chi connectivity index (χ2v) is 17.0. The van der Waals surface area contributed by atoms with Gasteiger partial charge in [0, 0.05) is 75.4 Å². The third kappa shape index (κ3) is 9.04. The fourth-order valence-electron chi connectivity index (χ4n) is 8.55. The van der Waals surface area contributed by atoms with Crippen molar-refractivity contribution in [1.82, 2.24) is 29.8 Å². The van der Waals surface area contributed by atoms with E-state index in [0.29, 0.717) is 76.1 Å². The summed E-state index contributed by atoms with van der Waals surface area (Å²) in [6.07, 6.45) is 6.68. The number of halogens is 4. The molecule has 4 fully saturated rings. The largest absolute Gasteiger partial charge is 0.478 e. The van der Waals surface area contributed by atoms with E-state index in [4.69, 9.17) is 65.4 Å². The Balaban J connectivity index is 0.000000143. The molecule has 0 saturated carbocycles. The van der Waals surface area contributed by atoms with E-state index in [9.17, 15) is 14.7 Å². The number of piperidine rings is 2. The maximum absolute atomic E-state index is 13.7. The van der Waals surface area contributed by atoms with Crippen molar-refractivity contribution in [3.8, 4) is 0 Å². The van der Waals surface area contributed by atoms with Crippen LogP contribution in [0.4, 0.5) is 11.6 Å². The molecule has 61 heavy (non-hydrogen) atoms. The van der Waals surface area contributed by atoms with E-state index in [1.807, 2.05) is 28.6 Å². The van der Waals surface area contributed by atoms with Gasteiger partial charge < -0.3 is 44.9 Å². The van der Waals surface area contributed by atoms with Gasteiger partial charge in [-0.3, -0.25) is 4.79 Å². The summed E-state index contributed by atoms with van der Waals surface area (Å²) in [5.41, 5.74) is 3.82. The highest BCUT2D eigenvalue weighted by atomic mass is 35.5. The van der Waals surface area contributed by atoms with Gasteiger partial charge in [-0.2, -0.15) is 10.2 Å². The van der Waals surface area contributed by atoms with Crippen LogP contribution in [0.25, 0.3) is 0 Å². The molecule has 8 heterocycles. The topological polar surface area (TPSA) is 166 Å². The number of rotatable bonds is 4. The average molecular weight is 917 g/mol. The van der Waals surface area contributed by atoms with Gasteiger partial charge in [0.05, 0.1) is 70.1 Å². The molecule has 10 rings (SSSR count). The summed E-state index contributed by atoms with van der Waals surface area (Å²) in [5.74, 6) is -0.185. The fraction of sp³-hybridized carbons (Fsp3) is 0.429. The van der Waals surface area contributed by atoms with Crippen LogP contribution in [0, 0.1) is 0 Å². The molecule has 2 atom stereocenters. The zero-order valence-electron chi connectivity index (χ0n) is 33.6. The van der Waals surface area contributed by atoms with Gasteiger partial charge >= 0.3 is 5.97 Å². The molecule has 15 nitrogen and oxygen atoms in total. The molecule has 2 aromatic carbocycles. The van der Waals surface area contributed by atoms with Crippen molar-refractivity contribution < 1.29 is 33.6 Å². The first-order chi connectivity index (χ1) is 29.4. The predicted octanol–water partition coefficient (Wildman–Crippen LogP) is 7.52. The van der Waals surface area contributed by atoms with Crippen LogP contribution in [0.15, 0.2) is 83.5 Å². The number of benzene rings is 2. The molecule has 4 N–H and O–H groups in total. The lowest BCUT2D eigenvalue weighted by molar-refractivity contribution is -0.186. The Morgan fingerprint density at radius 1 is 0.656 bits per heavy atom. The summed E-state index contributed by atoms with van der Waals surface area (Å²) < 4.78 is 26.1. The second kappa shape index (κ2) is 18.3. The fourth-order valence-corrected chi connectivity index (χ4v) is 9.16. The summed E-state index contributed by atoms with van der Waals surface area (Å²) in [7, 11) is 0. The molecule has 0 bridgehead atoms. The smallest absolute Gasteiger partial charge is 0.335 e. The molecule has 2 spiro atoms. The number of carbonyl (C=O) groups is 2. The van der Waals surface area contributed by atoms with E-state index in [-0.39, 0.29) is 17.3 Å². The van der Waals surface area contributed by atoms with Crippen LogP contribution in [0.1, 0.15) is 62.7 Å². The Morgan fingerprint density at radius 2 is 1.10 bits per heavy atom. The number of hydrogen-bond acceptors (Lipinski definition) is 11. The highest BCUT2D eigenvalue weighted by Gasteiger charge is 2.43. The molecule has 0 radical (unpaired) electrons. The summed E-state index contributed by atoms with van der Waals surface area (Å²) in [4.78, 5) is 27.2. The zero-order valence-corrected chi connectivity index (χ0v) is 36.6. The molecule has 6 aliphatic rings. The minimum absolute atomic E-state index is 0.0231. The Labute approximate surface area is 372 Å². The highest BCUT2D eigenvalue weighted by molar-refractivity contribution is 6.42. The Kier molecular flexibility index (Phi) is 13.0. The number of carbonyl (C=O) groups excluding carboxylic acids is 1. The number of likely N-dealkylation sites (tertiary alicyclic amines) is 1. The molecular weight excluding hydrogens is 870 g/mol. The Hall–Kier alpha value is -4.16. The van der Waals surface area contributed by atoms with Crippen molar-refractivity contribution >= 4 is 69.9 Å². The van der Waals surface area contributed by atoms with Crippen molar-refractivity contribution in [3.63, 3.8) is 0 Å². The standard InChI is InChI=1S/C21H22Cl2N4O3.C14H11Cl2N3O2.C7H13NO2/c1-13-18(20(28)26-8-5-21(6-9-26)29-10-11-30-21)19(27-17(25-13)4-7-24-27)14-2-3-15(22)16(23)12-14;1-7-12(14(20)21)13(19-11(18-7)4-5-17-19)8-2-3-9(15)10(16)6-8;1-3-8-4-2-7(1)9-5-6-10-7/h2-4,7,12,19,25H,5-6,8-11H2,1H3;2-6,13,18H,1H3,(H,20,21);8H,1-6H2. The SMILES string of the molecule is C1CC2(CCN1)OCCO2.CC1=C(C(=O)N2CCC3(CC2)OCCO3)C(c2ccc(Cl)c(Cl)c2)n2nccc2N1.CC1=C(C(=O)O)C(c2ccc(Cl)c(Cl)c2)n2nccc2N1. The molecule has 19 heteroatoms. The maximum Gasteiger partial charge on any atom is 0.335 e. The molecule has 2 unspecified atom stereocenters. The van der Waals surface area contributed by atoms with Gasteiger partial charge in [-0.1, -0.05) is 58.5 Å². The Morgan fingerprint density at radius 3 is 1.56 bits per heavy atom. The molecule has 1 amide bonds. The van der Waals surface area contributed by atoms with E-state index in [2.05, 4.69) is 26.1 Å². The molecular formula is C42H46Cl4N8O7. The average Bonchev–Trinajstić information content (AvgIpc) is 4.09. The van der Waals surface area contributed by atoms with Crippen LogP contribution in [0.3, 0.4) is 0 Å². The van der Waals surface area contributed by atoms with Gasteiger partial charge in [0.25, 0.3) is 5.91 Å². The first-order valence-electron chi connectivity index (χ1n) is 20.1. The lowest BCUT2D eigenvalue weighted by Crippen LogP contribution is -2.48. The number of anilines is 2. The van der Waals surface area contributed by atoms with Crippen LogP contribution < -0.4 is 16.0 Å². The van der Waals surface area contributed by atoms with Crippen molar-refractivity contribution in [2.75, 3.05) is 63.2 Å². The first-order valence-corrected chi connectivity index (χ1v) is 21.6. The number of aliphatic carboxylic acids is 1. The second-order valence-electron chi connectivity index (χ2n) is 15.4. The van der Waals surface area contributed by atoms with Gasteiger partial charge in [0.1, 0.15) is 23.7 Å². The number of carboxylic acids is 1. The van der Waals surface area contributed by atoms with Gasteiger partial charge in [-0.05, 0) is 49.2 Å². The summed E-state index contributed by atoms with van der Waals surface area (Å²) in [5, 5.41) is 29.6. The predicted molar refractivity (Wildman–Crippen MR) is 231 cm³/mol. The maximum atomic E-state index is 13.7. The normalized spacial score (nSPS) is 22.4. The lowest BCUT2D eigenvalue weighted by atomic mass is 9.93. The number of hydrogen-bond donors (Lipinski definition) is 4.